The van der Waals surface area contributed by atoms with Gasteiger partial charge in [0.15, 0.2) is 0 Å². The maximum atomic E-state index is 7.00. The van der Waals surface area contributed by atoms with Gasteiger partial charge in [0.25, 0.3) is 0 Å². The standard InChI is InChI=1S/C6H14N2.CH4O/c1-7-3-5-8(2)6-4-7;1-2/h3-6H2,1-2H3;2H,1H3. The third-order valence-corrected chi connectivity index (χ3v) is 1.73. The number of piperazine rings is 1. The van der Waals surface area contributed by atoms with Crippen LogP contribution in [0.5, 0.6) is 0 Å². The number of rotatable bonds is 0. The molecule has 0 bridgehead atoms. The number of nitrogens with zero attached hydrogens (tertiary/aromatic N) is 2. The van der Waals surface area contributed by atoms with Crippen molar-refractivity contribution in [1.29, 1.82) is 0 Å². The minimum Gasteiger partial charge on any atom is -0.400 e. The van der Waals surface area contributed by atoms with Gasteiger partial charge in [0.2, 0.25) is 0 Å². The maximum absolute atomic E-state index is 7.00. The molecule has 0 unspecified atom stereocenters. The van der Waals surface area contributed by atoms with Gasteiger partial charge in [-0.1, -0.05) is 0 Å². The molecular formula is C7H18N2O. The molecule has 10 heavy (non-hydrogen) atoms. The lowest BCUT2D eigenvalue weighted by molar-refractivity contribution is 0.181. The molecule has 1 fully saturated rings. The van der Waals surface area contributed by atoms with Gasteiger partial charge in [-0.05, 0) is 14.1 Å². The van der Waals surface area contributed by atoms with Crippen LogP contribution < -0.4 is 0 Å². The molecular weight excluding hydrogens is 128 g/mol. The Labute approximate surface area is 63.2 Å². The Morgan fingerprint density at radius 1 is 0.800 bits per heavy atom. The first-order valence-electron chi connectivity index (χ1n) is 3.61. The molecule has 1 aliphatic rings. The number of aliphatic hydroxyl groups is 1. The number of hydrogen-bond acceptors (Lipinski definition) is 3. The summed E-state index contributed by atoms with van der Waals surface area (Å²) in [6.07, 6.45) is 0. The number of aliphatic hydroxyl groups excluding tert-OH is 1. The second kappa shape index (κ2) is 5.65. The van der Waals surface area contributed by atoms with Crippen LogP contribution in [0.25, 0.3) is 0 Å². The van der Waals surface area contributed by atoms with Crippen molar-refractivity contribution in [3.63, 3.8) is 0 Å². The summed E-state index contributed by atoms with van der Waals surface area (Å²) in [6.45, 7) is 4.93. The van der Waals surface area contributed by atoms with Crippen molar-refractivity contribution in [2.45, 2.75) is 0 Å². The third-order valence-electron chi connectivity index (χ3n) is 1.73. The van der Waals surface area contributed by atoms with Gasteiger partial charge in [0, 0.05) is 33.3 Å². The van der Waals surface area contributed by atoms with E-state index in [1.807, 2.05) is 0 Å². The molecule has 0 aromatic carbocycles. The van der Waals surface area contributed by atoms with E-state index in [9.17, 15) is 0 Å². The molecule has 3 heteroatoms. The zero-order valence-corrected chi connectivity index (χ0v) is 7.17. The molecule has 0 saturated carbocycles. The first-order chi connectivity index (χ1) is 4.79. The lowest BCUT2D eigenvalue weighted by Gasteiger charge is -2.28. The van der Waals surface area contributed by atoms with Crippen molar-refractivity contribution in [2.24, 2.45) is 0 Å². The first kappa shape index (κ1) is 9.88. The average molecular weight is 146 g/mol. The van der Waals surface area contributed by atoms with Crippen LogP contribution in [0.15, 0.2) is 0 Å². The Morgan fingerprint density at radius 3 is 1.20 bits per heavy atom. The van der Waals surface area contributed by atoms with E-state index in [2.05, 4.69) is 23.9 Å². The van der Waals surface area contributed by atoms with Crippen LogP contribution in [0, 0.1) is 0 Å². The van der Waals surface area contributed by atoms with Crippen molar-refractivity contribution >= 4 is 0 Å². The quantitative estimate of drug-likeness (QED) is 0.498. The van der Waals surface area contributed by atoms with Crippen LogP contribution in [-0.4, -0.2) is 62.3 Å². The van der Waals surface area contributed by atoms with E-state index >= 15 is 0 Å². The van der Waals surface area contributed by atoms with Crippen molar-refractivity contribution in [3.05, 3.63) is 0 Å². The highest BCUT2D eigenvalue weighted by molar-refractivity contribution is 4.64. The topological polar surface area (TPSA) is 26.7 Å². The number of likely N-dealkylation sites (N-methyl/N-ethyl adjacent to an activating group) is 2. The number of hydrogen-bond donors (Lipinski definition) is 1. The van der Waals surface area contributed by atoms with Crippen LogP contribution in [0.3, 0.4) is 0 Å². The predicted molar refractivity (Wildman–Crippen MR) is 43.1 cm³/mol. The smallest absolute Gasteiger partial charge is 0.0319 e. The van der Waals surface area contributed by atoms with Crippen molar-refractivity contribution in [3.8, 4) is 0 Å². The van der Waals surface area contributed by atoms with E-state index < -0.39 is 0 Å². The highest BCUT2D eigenvalue weighted by Gasteiger charge is 2.07. The minimum atomic E-state index is 1.00. The Morgan fingerprint density at radius 2 is 1.00 bits per heavy atom. The monoisotopic (exact) mass is 146 g/mol. The molecule has 1 saturated heterocycles. The van der Waals surface area contributed by atoms with E-state index in [4.69, 9.17) is 5.11 Å². The van der Waals surface area contributed by atoms with Gasteiger partial charge in [-0.25, -0.2) is 0 Å². The minimum absolute atomic E-state index is 1.00. The fourth-order valence-corrected chi connectivity index (χ4v) is 0.906. The van der Waals surface area contributed by atoms with Gasteiger partial charge in [0.1, 0.15) is 0 Å². The van der Waals surface area contributed by atoms with E-state index in [0.29, 0.717) is 0 Å². The van der Waals surface area contributed by atoms with Crippen LogP contribution in [0.2, 0.25) is 0 Å². The third kappa shape index (κ3) is 3.82. The highest BCUT2D eigenvalue weighted by atomic mass is 16.2. The fourth-order valence-electron chi connectivity index (χ4n) is 0.906. The Bertz CT molecular complexity index is 60.0. The zero-order valence-electron chi connectivity index (χ0n) is 7.17. The van der Waals surface area contributed by atoms with Gasteiger partial charge in [0.05, 0.1) is 0 Å². The van der Waals surface area contributed by atoms with E-state index in [1.165, 1.54) is 26.2 Å². The Balaban J connectivity index is 0.000000371. The Hall–Kier alpha value is -0.120. The van der Waals surface area contributed by atoms with Gasteiger partial charge in [-0.3, -0.25) is 0 Å². The lowest BCUT2D eigenvalue weighted by atomic mass is 10.4. The highest BCUT2D eigenvalue weighted by Crippen LogP contribution is 1.93. The Kier molecular flexibility index (Phi) is 5.58. The molecule has 62 valence electrons. The summed E-state index contributed by atoms with van der Waals surface area (Å²) >= 11 is 0. The van der Waals surface area contributed by atoms with E-state index in [1.54, 1.807) is 0 Å². The molecule has 1 N–H and O–H groups in total. The first-order valence-corrected chi connectivity index (χ1v) is 3.61. The lowest BCUT2D eigenvalue weighted by Crippen LogP contribution is -2.42. The average Bonchev–Trinajstić information content (AvgIpc) is 2.00. The maximum Gasteiger partial charge on any atom is 0.0319 e. The second-order valence-corrected chi connectivity index (χ2v) is 2.61. The molecule has 0 aliphatic carbocycles. The molecule has 1 aliphatic heterocycles. The second-order valence-electron chi connectivity index (χ2n) is 2.61. The SMILES string of the molecule is CN1CCN(C)CC1.CO. The predicted octanol–water partition coefficient (Wildman–Crippen LogP) is -0.528. The van der Waals surface area contributed by atoms with Crippen LogP contribution in [0.4, 0.5) is 0 Å². The molecule has 0 atom stereocenters. The van der Waals surface area contributed by atoms with E-state index in [-0.39, 0.29) is 0 Å². The summed E-state index contributed by atoms with van der Waals surface area (Å²) in [6, 6.07) is 0. The van der Waals surface area contributed by atoms with Gasteiger partial charge in [-0.15, -0.1) is 0 Å². The molecule has 0 aromatic heterocycles. The van der Waals surface area contributed by atoms with Crippen molar-refractivity contribution in [2.75, 3.05) is 47.4 Å². The molecule has 0 radical (unpaired) electrons. The summed E-state index contributed by atoms with van der Waals surface area (Å²) in [5.41, 5.74) is 0. The van der Waals surface area contributed by atoms with Crippen molar-refractivity contribution < 1.29 is 5.11 Å². The van der Waals surface area contributed by atoms with E-state index in [0.717, 1.165) is 7.11 Å². The summed E-state index contributed by atoms with van der Waals surface area (Å²) < 4.78 is 0. The van der Waals surface area contributed by atoms with Crippen LogP contribution in [-0.2, 0) is 0 Å². The molecule has 0 aromatic rings. The van der Waals surface area contributed by atoms with Gasteiger partial charge >= 0.3 is 0 Å². The van der Waals surface area contributed by atoms with Crippen LogP contribution >= 0.6 is 0 Å². The molecule has 0 amide bonds. The van der Waals surface area contributed by atoms with Gasteiger partial charge < -0.3 is 14.9 Å². The summed E-state index contributed by atoms with van der Waals surface area (Å²) in [7, 11) is 5.35. The summed E-state index contributed by atoms with van der Waals surface area (Å²) in [4.78, 5) is 4.72. The van der Waals surface area contributed by atoms with Crippen molar-refractivity contribution in [1.82, 2.24) is 9.80 Å². The van der Waals surface area contributed by atoms with Crippen LogP contribution in [0.1, 0.15) is 0 Å². The largest absolute Gasteiger partial charge is 0.400 e. The van der Waals surface area contributed by atoms with Gasteiger partial charge in [-0.2, -0.15) is 0 Å². The summed E-state index contributed by atoms with van der Waals surface area (Å²) in [5, 5.41) is 7.00. The summed E-state index contributed by atoms with van der Waals surface area (Å²) in [5.74, 6) is 0. The molecule has 3 nitrogen and oxygen atoms in total. The molecule has 1 rings (SSSR count). The zero-order chi connectivity index (χ0) is 7.98. The fraction of sp³-hybridized carbons (Fsp3) is 1.00. The normalized spacial score (nSPS) is 21.6. The molecule has 0 spiro atoms. The molecule has 1 heterocycles.